The first kappa shape index (κ1) is 29.6. The van der Waals surface area contributed by atoms with Gasteiger partial charge in [0, 0.05) is 30.7 Å². The molecule has 3 nitrogen and oxygen atoms in total. The van der Waals surface area contributed by atoms with Crippen LogP contribution in [0.15, 0.2) is 30.3 Å². The molecule has 0 radical (unpaired) electrons. The number of amides is 1. The lowest BCUT2D eigenvalue weighted by Crippen LogP contribution is -2.53. The molecule has 3 heteroatoms. The predicted molar refractivity (Wildman–Crippen MR) is 172 cm³/mol. The minimum atomic E-state index is 0.303. The molecule has 0 aromatic heterocycles. The van der Waals surface area contributed by atoms with E-state index in [4.69, 9.17) is 0 Å². The Labute approximate surface area is 252 Å². The lowest BCUT2D eigenvalue weighted by atomic mass is 9.44. The van der Waals surface area contributed by atoms with Gasteiger partial charge in [-0.15, -0.1) is 0 Å². The van der Waals surface area contributed by atoms with Crippen molar-refractivity contribution in [2.24, 2.45) is 46.3 Å². The summed E-state index contributed by atoms with van der Waals surface area (Å²) in [6.07, 6.45) is 21.1. The molecule has 1 N–H and O–H groups in total. The third kappa shape index (κ3) is 5.62. The van der Waals surface area contributed by atoms with Gasteiger partial charge in [-0.05, 0) is 136 Å². The molecule has 5 aliphatic rings. The number of piperidine rings is 1. The maximum absolute atomic E-state index is 13.2. The number of carbonyl (C=O) groups is 1. The summed E-state index contributed by atoms with van der Waals surface area (Å²) < 4.78 is 0. The highest BCUT2D eigenvalue weighted by molar-refractivity contribution is 5.76. The molecule has 0 bridgehead atoms. The molecule has 1 aromatic carbocycles. The quantitative estimate of drug-likeness (QED) is 0.343. The van der Waals surface area contributed by atoms with E-state index >= 15 is 0 Å². The minimum Gasteiger partial charge on any atom is -0.368 e. The van der Waals surface area contributed by atoms with Crippen molar-refractivity contribution in [2.75, 3.05) is 11.4 Å². The van der Waals surface area contributed by atoms with Crippen LogP contribution in [0.25, 0.3) is 0 Å². The van der Waals surface area contributed by atoms with Crippen molar-refractivity contribution >= 4 is 11.6 Å². The van der Waals surface area contributed by atoms with Gasteiger partial charge in [0.15, 0.2) is 0 Å². The summed E-state index contributed by atoms with van der Waals surface area (Å²) in [6, 6.07) is 11.7. The molecule has 4 aliphatic carbocycles. The van der Waals surface area contributed by atoms with E-state index in [1.807, 2.05) is 0 Å². The Morgan fingerprint density at radius 2 is 1.76 bits per heavy atom. The first-order valence-electron chi connectivity index (χ1n) is 17.9. The molecular formula is C38H60N2O. The van der Waals surface area contributed by atoms with Crippen LogP contribution in [0.4, 0.5) is 5.69 Å². The summed E-state index contributed by atoms with van der Waals surface area (Å²) in [7, 11) is 0. The van der Waals surface area contributed by atoms with Gasteiger partial charge >= 0.3 is 0 Å². The van der Waals surface area contributed by atoms with E-state index in [9.17, 15) is 4.79 Å². The maximum atomic E-state index is 13.2. The van der Waals surface area contributed by atoms with E-state index in [0.717, 1.165) is 55.4 Å². The van der Waals surface area contributed by atoms with Crippen molar-refractivity contribution in [3.63, 3.8) is 0 Å². The normalized spacial score (nSPS) is 41.2. The number of hydrogen-bond donors (Lipinski definition) is 1. The molecule has 10 atom stereocenters. The van der Waals surface area contributed by atoms with Gasteiger partial charge in [0.1, 0.15) is 0 Å². The van der Waals surface area contributed by atoms with Gasteiger partial charge in [0.2, 0.25) is 5.91 Å². The van der Waals surface area contributed by atoms with E-state index in [1.54, 1.807) is 0 Å². The van der Waals surface area contributed by atoms with E-state index in [0.29, 0.717) is 41.2 Å². The third-order valence-corrected chi connectivity index (χ3v) is 14.0. The van der Waals surface area contributed by atoms with Crippen LogP contribution in [-0.2, 0) is 4.79 Å². The van der Waals surface area contributed by atoms with Gasteiger partial charge in [0.25, 0.3) is 0 Å². The van der Waals surface area contributed by atoms with Crippen molar-refractivity contribution in [3.8, 4) is 0 Å². The van der Waals surface area contributed by atoms with Gasteiger partial charge in [-0.25, -0.2) is 0 Å². The highest BCUT2D eigenvalue weighted by atomic mass is 16.1. The Balaban J connectivity index is 1.02. The van der Waals surface area contributed by atoms with E-state index < -0.39 is 0 Å². The fraction of sp³-hybridized carbons (Fsp3) is 0.816. The lowest BCUT2D eigenvalue weighted by Gasteiger charge is -2.61. The number of rotatable bonds is 8. The molecule has 228 valence electrons. The average molecular weight is 561 g/mol. The first-order valence-corrected chi connectivity index (χ1v) is 17.9. The standard InChI is InChI=1S/C38H60N2O/c1-5-11-31-26-29(22-25-40(31)30-13-7-6-8-14-30)39-36(41)20-15-27(2)33-18-19-34-32-17-16-28-12-9-10-23-37(28,3)35(32)21-24-38(33,34)4/h6-8,13-14,27-29,31-35H,5,9-12,15-26H2,1-4H3,(H,39,41)/t27-,28?,29?,31?,32+,33-,34+,35+,37+,38-/m1/s1. The summed E-state index contributed by atoms with van der Waals surface area (Å²) in [5.74, 6) is 5.68. The minimum absolute atomic E-state index is 0.303. The number of benzene rings is 1. The van der Waals surface area contributed by atoms with Gasteiger partial charge in [-0.3, -0.25) is 4.79 Å². The monoisotopic (exact) mass is 560 g/mol. The van der Waals surface area contributed by atoms with Crippen LogP contribution in [0.1, 0.15) is 130 Å². The van der Waals surface area contributed by atoms with Crippen LogP contribution < -0.4 is 10.2 Å². The van der Waals surface area contributed by atoms with Gasteiger partial charge in [-0.2, -0.15) is 0 Å². The van der Waals surface area contributed by atoms with Gasteiger partial charge in [0.05, 0.1) is 0 Å². The second-order valence-corrected chi connectivity index (χ2v) is 15.9. The maximum Gasteiger partial charge on any atom is 0.220 e. The third-order valence-electron chi connectivity index (χ3n) is 14.0. The molecule has 3 unspecified atom stereocenters. The Kier molecular flexibility index (Phi) is 8.82. The molecule has 1 aliphatic heterocycles. The largest absolute Gasteiger partial charge is 0.368 e. The Morgan fingerprint density at radius 1 is 0.951 bits per heavy atom. The molecular weight excluding hydrogens is 500 g/mol. The van der Waals surface area contributed by atoms with Crippen LogP contribution in [-0.4, -0.2) is 24.5 Å². The number of anilines is 1. The molecule has 6 rings (SSSR count). The summed E-state index contributed by atoms with van der Waals surface area (Å²) in [6.45, 7) is 11.2. The molecule has 5 fully saturated rings. The molecule has 4 saturated carbocycles. The number of para-hydroxylation sites is 1. The fourth-order valence-corrected chi connectivity index (χ4v) is 11.9. The molecule has 1 saturated heterocycles. The number of fused-ring (bicyclic) bond motifs is 5. The topological polar surface area (TPSA) is 32.3 Å². The summed E-state index contributed by atoms with van der Waals surface area (Å²) in [5.41, 5.74) is 2.48. The summed E-state index contributed by atoms with van der Waals surface area (Å²) in [5, 5.41) is 3.49. The molecule has 41 heavy (non-hydrogen) atoms. The Bertz CT molecular complexity index is 1020. The number of nitrogens with one attached hydrogen (secondary N) is 1. The highest BCUT2D eigenvalue weighted by Crippen LogP contribution is 2.68. The second kappa shape index (κ2) is 12.2. The van der Waals surface area contributed by atoms with Crippen molar-refractivity contribution in [1.29, 1.82) is 0 Å². The van der Waals surface area contributed by atoms with Crippen molar-refractivity contribution in [1.82, 2.24) is 5.32 Å². The van der Waals surface area contributed by atoms with E-state index in [2.05, 4.69) is 68.2 Å². The number of hydrogen-bond acceptors (Lipinski definition) is 2. The van der Waals surface area contributed by atoms with Gasteiger partial charge < -0.3 is 10.2 Å². The zero-order valence-corrected chi connectivity index (χ0v) is 26.9. The van der Waals surface area contributed by atoms with Crippen LogP contribution in [0.2, 0.25) is 0 Å². The predicted octanol–water partition coefficient (Wildman–Crippen LogP) is 9.41. The molecule has 0 spiro atoms. The lowest BCUT2D eigenvalue weighted by molar-refractivity contribution is -0.123. The second-order valence-electron chi connectivity index (χ2n) is 15.9. The zero-order valence-electron chi connectivity index (χ0n) is 26.9. The van der Waals surface area contributed by atoms with E-state index in [-0.39, 0.29) is 0 Å². The van der Waals surface area contributed by atoms with Crippen LogP contribution in [0, 0.1) is 46.3 Å². The van der Waals surface area contributed by atoms with Gasteiger partial charge in [-0.1, -0.05) is 65.2 Å². The SMILES string of the molecule is CCCC1CC(NC(=O)CC[C@@H](C)[C@H]2CC[C@H]3[C@@H]4CCC5CCCC[C@]5(C)[C@H]4CC[C@]23C)CCN1c1ccccc1. The summed E-state index contributed by atoms with van der Waals surface area (Å²) >= 11 is 0. The fourth-order valence-electron chi connectivity index (χ4n) is 11.9. The van der Waals surface area contributed by atoms with Crippen molar-refractivity contribution in [3.05, 3.63) is 30.3 Å². The Hall–Kier alpha value is -1.51. The number of carbonyl (C=O) groups excluding carboxylic acids is 1. The summed E-state index contributed by atoms with van der Waals surface area (Å²) in [4.78, 5) is 15.8. The number of nitrogens with zero attached hydrogens (tertiary/aromatic N) is 1. The van der Waals surface area contributed by atoms with Crippen molar-refractivity contribution < 1.29 is 4.79 Å². The first-order chi connectivity index (χ1) is 19.8. The zero-order chi connectivity index (χ0) is 28.6. The average Bonchev–Trinajstić information content (AvgIpc) is 3.34. The van der Waals surface area contributed by atoms with E-state index in [1.165, 1.54) is 82.7 Å². The molecule has 1 amide bonds. The molecule has 1 heterocycles. The van der Waals surface area contributed by atoms with Crippen molar-refractivity contribution in [2.45, 2.75) is 143 Å². The smallest absolute Gasteiger partial charge is 0.220 e. The van der Waals surface area contributed by atoms with Crippen LogP contribution >= 0.6 is 0 Å². The Morgan fingerprint density at radius 3 is 2.56 bits per heavy atom. The highest BCUT2D eigenvalue weighted by Gasteiger charge is 2.60. The van der Waals surface area contributed by atoms with Crippen LogP contribution in [0.5, 0.6) is 0 Å². The molecule has 1 aromatic rings. The van der Waals surface area contributed by atoms with Crippen LogP contribution in [0.3, 0.4) is 0 Å².